The van der Waals surface area contributed by atoms with Gasteiger partial charge < -0.3 is 10.5 Å². The Balaban J connectivity index is 1.92. The largest absolute Gasteiger partial charge is 0.457 e. The molecule has 0 fully saturated rings. The number of non-ortho nitro benzene ring substituents is 1. The van der Waals surface area contributed by atoms with Crippen LogP contribution in [0.1, 0.15) is 13.3 Å². The summed E-state index contributed by atoms with van der Waals surface area (Å²) in [5, 5.41) is 10.8. The first kappa shape index (κ1) is 21.7. The maximum absolute atomic E-state index is 13.2. The topological polar surface area (TPSA) is 113 Å². The minimum absolute atomic E-state index is 0.0223. The van der Waals surface area contributed by atoms with E-state index < -0.39 is 14.9 Å². The molecule has 2 aromatic rings. The summed E-state index contributed by atoms with van der Waals surface area (Å²) in [7, 11) is -3.53. The molecule has 0 radical (unpaired) electrons. The van der Waals surface area contributed by atoms with Crippen molar-refractivity contribution in [3.8, 4) is 11.5 Å². The minimum Gasteiger partial charge on any atom is -0.457 e. The fraction of sp³-hybridized carbons (Fsp3) is 0.238. The normalized spacial score (nSPS) is 18.7. The summed E-state index contributed by atoms with van der Waals surface area (Å²) in [4.78, 5) is 10.3. The van der Waals surface area contributed by atoms with Crippen molar-refractivity contribution in [2.24, 2.45) is 5.73 Å². The first-order valence-corrected chi connectivity index (χ1v) is 11.1. The first-order chi connectivity index (χ1) is 14.3. The molecule has 2 aromatic carbocycles. The Labute approximate surface area is 175 Å². The lowest BCUT2D eigenvalue weighted by molar-refractivity contribution is -0.384. The SMILES string of the molecule is CCCS(=O)(=O)[N+]1(c2ccc(Oc3ccc([N+](=O)[O-])cc3)cc2)C=C(CN)C=CC1. The van der Waals surface area contributed by atoms with Crippen LogP contribution in [0, 0.1) is 10.1 Å². The molecular formula is C21H24N3O5S+. The molecule has 2 N–H and O–H groups in total. The number of nitrogens with two attached hydrogens (primary N) is 1. The number of hydrogen-bond acceptors (Lipinski definition) is 6. The van der Waals surface area contributed by atoms with Crippen LogP contribution in [-0.2, 0) is 10.0 Å². The van der Waals surface area contributed by atoms with Gasteiger partial charge in [-0.1, -0.05) is 13.0 Å². The van der Waals surface area contributed by atoms with Crippen molar-refractivity contribution in [1.82, 2.24) is 3.89 Å². The quantitative estimate of drug-likeness (QED) is 0.387. The summed E-state index contributed by atoms with van der Waals surface area (Å²) < 4.78 is 31.8. The predicted molar refractivity (Wildman–Crippen MR) is 117 cm³/mol. The highest BCUT2D eigenvalue weighted by molar-refractivity contribution is 7.91. The van der Waals surface area contributed by atoms with E-state index in [4.69, 9.17) is 10.5 Å². The molecule has 0 bridgehead atoms. The number of benzene rings is 2. The number of hydrogen-bond donors (Lipinski definition) is 1. The van der Waals surface area contributed by atoms with Crippen LogP contribution in [0.3, 0.4) is 0 Å². The lowest BCUT2D eigenvalue weighted by atomic mass is 10.2. The van der Waals surface area contributed by atoms with Crippen LogP contribution < -0.4 is 14.4 Å². The molecule has 158 valence electrons. The number of sulfonamides is 1. The van der Waals surface area contributed by atoms with Gasteiger partial charge in [0.05, 0.1) is 4.92 Å². The monoisotopic (exact) mass is 430 g/mol. The maximum Gasteiger partial charge on any atom is 0.306 e. The van der Waals surface area contributed by atoms with Crippen LogP contribution in [0.5, 0.6) is 11.5 Å². The molecule has 0 aliphatic carbocycles. The van der Waals surface area contributed by atoms with Crippen LogP contribution in [0.2, 0.25) is 0 Å². The molecule has 3 rings (SSSR count). The van der Waals surface area contributed by atoms with Gasteiger partial charge in [0.25, 0.3) is 5.69 Å². The van der Waals surface area contributed by atoms with E-state index in [1.54, 1.807) is 30.5 Å². The Kier molecular flexibility index (Phi) is 6.35. The molecule has 1 heterocycles. The second-order valence-electron chi connectivity index (χ2n) is 6.92. The standard InChI is InChI=1S/C21H24N3O5S/c1-2-14-30(27,28)24(13-3-4-17(15-22)16-24)19-7-11-21(12-8-19)29-20-9-5-18(6-10-20)23(25)26/h3-12,16H,2,13-15,22H2,1H3/q+1. The van der Waals surface area contributed by atoms with Crippen molar-refractivity contribution in [2.45, 2.75) is 13.3 Å². The van der Waals surface area contributed by atoms with Crippen LogP contribution >= 0.6 is 0 Å². The summed E-state index contributed by atoms with van der Waals surface area (Å²) in [6, 6.07) is 12.6. The van der Waals surface area contributed by atoms with Crippen LogP contribution in [0.25, 0.3) is 0 Å². The van der Waals surface area contributed by atoms with Gasteiger partial charge in [0.15, 0.2) is 5.69 Å². The third-order valence-electron chi connectivity index (χ3n) is 4.83. The van der Waals surface area contributed by atoms with Crippen molar-refractivity contribution in [1.29, 1.82) is 0 Å². The molecule has 0 saturated carbocycles. The number of nitro groups is 1. The second kappa shape index (κ2) is 8.78. The van der Waals surface area contributed by atoms with Crippen molar-refractivity contribution in [3.05, 3.63) is 82.6 Å². The van der Waals surface area contributed by atoms with E-state index in [2.05, 4.69) is 0 Å². The zero-order valence-electron chi connectivity index (χ0n) is 16.6. The van der Waals surface area contributed by atoms with Gasteiger partial charge in [-0.3, -0.25) is 10.1 Å². The summed E-state index contributed by atoms with van der Waals surface area (Å²) >= 11 is 0. The smallest absolute Gasteiger partial charge is 0.306 e. The van der Waals surface area contributed by atoms with Gasteiger partial charge in [-0.2, -0.15) is 12.3 Å². The molecule has 1 unspecified atom stereocenters. The Bertz CT molecular complexity index is 1080. The molecular weight excluding hydrogens is 406 g/mol. The summed E-state index contributed by atoms with van der Waals surface area (Å²) in [5.41, 5.74) is 7.10. The van der Waals surface area contributed by atoms with Gasteiger partial charge in [0.1, 0.15) is 30.0 Å². The molecule has 1 aliphatic rings. The first-order valence-electron chi connectivity index (χ1n) is 9.53. The third-order valence-corrected chi connectivity index (χ3v) is 7.22. The third kappa shape index (κ3) is 4.28. The van der Waals surface area contributed by atoms with Crippen molar-refractivity contribution in [3.63, 3.8) is 0 Å². The van der Waals surface area contributed by atoms with E-state index in [-0.39, 0.29) is 28.4 Å². The van der Waals surface area contributed by atoms with Gasteiger partial charge in [-0.05, 0) is 36.8 Å². The summed E-state index contributed by atoms with van der Waals surface area (Å²) in [6.07, 6.45) is 5.90. The van der Waals surface area contributed by atoms with Crippen LogP contribution in [0.4, 0.5) is 11.4 Å². The molecule has 0 spiro atoms. The molecule has 0 amide bonds. The Morgan fingerprint density at radius 3 is 2.23 bits per heavy atom. The van der Waals surface area contributed by atoms with Crippen LogP contribution in [-0.4, -0.2) is 32.2 Å². The zero-order valence-corrected chi connectivity index (χ0v) is 17.4. The second-order valence-corrected chi connectivity index (χ2v) is 9.15. The van der Waals surface area contributed by atoms with E-state index in [0.29, 0.717) is 23.6 Å². The van der Waals surface area contributed by atoms with E-state index in [0.717, 1.165) is 5.57 Å². The molecule has 0 aromatic heterocycles. The molecule has 1 atom stereocenters. The number of nitrogens with zero attached hydrogens (tertiary/aromatic N) is 2. The van der Waals surface area contributed by atoms with E-state index in [9.17, 15) is 18.5 Å². The average molecular weight is 431 g/mol. The van der Waals surface area contributed by atoms with Gasteiger partial charge in [0.2, 0.25) is 0 Å². The fourth-order valence-corrected chi connectivity index (χ4v) is 5.23. The van der Waals surface area contributed by atoms with Crippen molar-refractivity contribution >= 4 is 21.4 Å². The lowest BCUT2D eigenvalue weighted by Crippen LogP contribution is -2.52. The Hall–Kier alpha value is -3.01. The highest BCUT2D eigenvalue weighted by Gasteiger charge is 2.42. The minimum atomic E-state index is -3.53. The average Bonchev–Trinajstić information content (AvgIpc) is 2.74. The van der Waals surface area contributed by atoms with Gasteiger partial charge in [-0.25, -0.2) is 0 Å². The number of rotatable bonds is 8. The van der Waals surface area contributed by atoms with Gasteiger partial charge in [0, 0.05) is 36.4 Å². The Morgan fingerprint density at radius 2 is 1.70 bits per heavy atom. The highest BCUT2D eigenvalue weighted by atomic mass is 32.2. The van der Waals surface area contributed by atoms with Crippen molar-refractivity contribution in [2.75, 3.05) is 18.8 Å². The Morgan fingerprint density at radius 1 is 1.10 bits per heavy atom. The predicted octanol–water partition coefficient (Wildman–Crippen LogP) is 3.85. The van der Waals surface area contributed by atoms with E-state index in [1.165, 1.54) is 24.3 Å². The number of nitro benzene ring substituents is 1. The molecule has 8 nitrogen and oxygen atoms in total. The van der Waals surface area contributed by atoms with Crippen LogP contribution in [0.15, 0.2) is 72.5 Å². The number of ether oxygens (including phenoxy) is 1. The summed E-state index contributed by atoms with van der Waals surface area (Å²) in [5.74, 6) is 0.993. The fourth-order valence-electron chi connectivity index (χ4n) is 3.34. The lowest BCUT2D eigenvalue weighted by Gasteiger charge is -2.34. The molecule has 1 aliphatic heterocycles. The number of quaternary nitrogens is 1. The zero-order chi connectivity index (χ0) is 21.8. The maximum atomic E-state index is 13.2. The summed E-state index contributed by atoms with van der Waals surface area (Å²) in [6.45, 7) is 2.37. The van der Waals surface area contributed by atoms with Gasteiger partial charge >= 0.3 is 10.0 Å². The van der Waals surface area contributed by atoms with Crippen molar-refractivity contribution < 1.29 is 18.1 Å². The highest BCUT2D eigenvalue weighted by Crippen LogP contribution is 2.35. The van der Waals surface area contributed by atoms with E-state index >= 15 is 0 Å². The van der Waals surface area contributed by atoms with Gasteiger partial charge in [-0.15, -0.1) is 0 Å². The molecule has 30 heavy (non-hydrogen) atoms. The van der Waals surface area contributed by atoms with E-state index in [1.807, 2.05) is 19.1 Å². The molecule has 9 heteroatoms. The molecule has 0 saturated heterocycles.